The lowest BCUT2D eigenvalue weighted by Gasteiger charge is -2.22. The van der Waals surface area contributed by atoms with Gasteiger partial charge in [-0.3, -0.25) is 9.69 Å². The van der Waals surface area contributed by atoms with Crippen LogP contribution in [0.15, 0.2) is 54.6 Å². The number of hydrogen-bond donors (Lipinski definition) is 0. The van der Waals surface area contributed by atoms with Gasteiger partial charge in [0.05, 0.1) is 18.4 Å². The second-order valence-corrected chi connectivity index (χ2v) is 4.83. The topological polar surface area (TPSA) is 79.6 Å². The van der Waals surface area contributed by atoms with Crippen LogP contribution in [-0.2, 0) is 20.9 Å². The molecule has 0 aliphatic carbocycles. The van der Waals surface area contributed by atoms with Gasteiger partial charge < -0.3 is 9.47 Å². The van der Waals surface area contributed by atoms with Crippen molar-refractivity contribution < 1.29 is 19.1 Å². The second kappa shape index (κ2) is 8.34. The Morgan fingerprint density at radius 3 is 2.42 bits per heavy atom. The van der Waals surface area contributed by atoms with Crippen LogP contribution in [0.5, 0.6) is 0 Å². The third kappa shape index (κ3) is 4.34. The average Bonchev–Trinajstić information content (AvgIpc) is 2.64. The predicted molar refractivity (Wildman–Crippen MR) is 87.1 cm³/mol. The first-order valence-electron chi connectivity index (χ1n) is 7.20. The van der Waals surface area contributed by atoms with Gasteiger partial charge >= 0.3 is 12.1 Å². The Morgan fingerprint density at radius 2 is 1.75 bits per heavy atom. The first-order chi connectivity index (χ1) is 11.7. The van der Waals surface area contributed by atoms with Crippen molar-refractivity contribution in [3.05, 3.63) is 65.7 Å². The van der Waals surface area contributed by atoms with Crippen molar-refractivity contribution in [3.63, 3.8) is 0 Å². The van der Waals surface area contributed by atoms with Crippen LogP contribution in [0.25, 0.3) is 0 Å². The van der Waals surface area contributed by atoms with Gasteiger partial charge in [-0.2, -0.15) is 5.26 Å². The van der Waals surface area contributed by atoms with E-state index in [1.807, 2.05) is 36.4 Å². The summed E-state index contributed by atoms with van der Waals surface area (Å²) < 4.78 is 9.88. The molecule has 6 heteroatoms. The highest BCUT2D eigenvalue weighted by Gasteiger charge is 2.23. The summed E-state index contributed by atoms with van der Waals surface area (Å²) in [6, 6.07) is 17.6. The maximum Gasteiger partial charge on any atom is 0.415 e. The molecule has 0 saturated carbocycles. The molecule has 0 saturated heterocycles. The standard InChI is InChI=1S/C18H16N2O4/c1-23-17(21)12-20(16-10-6-5-9-15(16)11-19)18(22)24-13-14-7-3-2-4-8-14/h2-10H,12-13H2,1H3. The van der Waals surface area contributed by atoms with Crippen molar-refractivity contribution in [3.8, 4) is 6.07 Å². The highest BCUT2D eigenvalue weighted by molar-refractivity contribution is 5.94. The van der Waals surface area contributed by atoms with Crippen molar-refractivity contribution in [2.75, 3.05) is 18.6 Å². The number of ether oxygens (including phenoxy) is 2. The van der Waals surface area contributed by atoms with E-state index in [-0.39, 0.29) is 18.7 Å². The van der Waals surface area contributed by atoms with Crippen molar-refractivity contribution in [1.29, 1.82) is 5.26 Å². The van der Waals surface area contributed by atoms with E-state index in [4.69, 9.17) is 4.74 Å². The fraction of sp³-hybridized carbons (Fsp3) is 0.167. The zero-order chi connectivity index (χ0) is 17.4. The summed E-state index contributed by atoms with van der Waals surface area (Å²) in [7, 11) is 1.23. The number of nitrogens with zero attached hydrogens (tertiary/aromatic N) is 2. The molecule has 1 amide bonds. The van der Waals surface area contributed by atoms with Crippen LogP contribution >= 0.6 is 0 Å². The van der Waals surface area contributed by atoms with Crippen LogP contribution in [0.1, 0.15) is 11.1 Å². The molecule has 0 aliphatic rings. The molecule has 2 rings (SSSR count). The fourth-order valence-electron chi connectivity index (χ4n) is 2.04. The summed E-state index contributed by atoms with van der Waals surface area (Å²) in [6.45, 7) is -0.283. The Kier molecular flexibility index (Phi) is 5.92. The fourth-order valence-corrected chi connectivity index (χ4v) is 2.04. The van der Waals surface area contributed by atoms with Gasteiger partial charge in [0.25, 0.3) is 0 Å². The normalized spacial score (nSPS) is 9.67. The predicted octanol–water partition coefficient (Wildman–Crippen LogP) is 2.87. The molecule has 6 nitrogen and oxygen atoms in total. The Hall–Kier alpha value is -3.33. The van der Waals surface area contributed by atoms with Gasteiger partial charge in [-0.15, -0.1) is 0 Å². The second-order valence-electron chi connectivity index (χ2n) is 4.83. The smallest absolute Gasteiger partial charge is 0.415 e. The number of carbonyl (C=O) groups is 2. The average molecular weight is 324 g/mol. The van der Waals surface area contributed by atoms with Gasteiger partial charge in [-0.25, -0.2) is 4.79 Å². The molecule has 122 valence electrons. The van der Waals surface area contributed by atoms with E-state index < -0.39 is 12.1 Å². The first kappa shape index (κ1) is 17.0. The van der Waals surface area contributed by atoms with Gasteiger partial charge in [0, 0.05) is 0 Å². The highest BCUT2D eigenvalue weighted by atomic mass is 16.6. The first-order valence-corrected chi connectivity index (χ1v) is 7.20. The van der Waals surface area contributed by atoms with Gasteiger partial charge in [-0.1, -0.05) is 42.5 Å². The lowest BCUT2D eigenvalue weighted by Crippen LogP contribution is -2.37. The van der Waals surface area contributed by atoms with Crippen LogP contribution in [-0.4, -0.2) is 25.7 Å². The molecule has 2 aromatic carbocycles. The maximum atomic E-state index is 12.4. The Labute approximate surface area is 139 Å². The molecular formula is C18H16N2O4. The van der Waals surface area contributed by atoms with Crippen LogP contribution in [0.4, 0.5) is 10.5 Å². The number of amides is 1. The molecule has 0 unspecified atom stereocenters. The van der Waals surface area contributed by atoms with Crippen LogP contribution in [0.2, 0.25) is 0 Å². The SMILES string of the molecule is COC(=O)CN(C(=O)OCc1ccccc1)c1ccccc1C#N. The van der Waals surface area contributed by atoms with Gasteiger partial charge in [0.2, 0.25) is 0 Å². The molecule has 0 aliphatic heterocycles. The van der Waals surface area contributed by atoms with E-state index in [1.165, 1.54) is 7.11 Å². The van der Waals surface area contributed by atoms with E-state index in [9.17, 15) is 14.9 Å². The molecule has 0 bridgehead atoms. The lowest BCUT2D eigenvalue weighted by atomic mass is 10.2. The minimum atomic E-state index is -0.730. The number of benzene rings is 2. The maximum absolute atomic E-state index is 12.4. The molecule has 24 heavy (non-hydrogen) atoms. The number of nitriles is 1. The van der Waals surface area contributed by atoms with Gasteiger partial charge in [-0.05, 0) is 17.7 Å². The minimum absolute atomic E-state index is 0.0616. The van der Waals surface area contributed by atoms with E-state index >= 15 is 0 Å². The quantitative estimate of drug-likeness (QED) is 0.790. The summed E-state index contributed by atoms with van der Waals surface area (Å²) in [5, 5.41) is 9.20. The van der Waals surface area contributed by atoms with Crippen molar-refractivity contribution in [1.82, 2.24) is 0 Å². The Balaban J connectivity index is 2.20. The number of rotatable bonds is 5. The molecule has 0 N–H and O–H groups in total. The zero-order valence-corrected chi connectivity index (χ0v) is 13.1. The number of anilines is 1. The number of esters is 1. The van der Waals surface area contributed by atoms with Crippen molar-refractivity contribution >= 4 is 17.7 Å². The summed E-state index contributed by atoms with van der Waals surface area (Å²) in [5.41, 5.74) is 1.37. The minimum Gasteiger partial charge on any atom is -0.468 e. The molecule has 0 atom stereocenters. The largest absolute Gasteiger partial charge is 0.468 e. The summed E-state index contributed by atoms with van der Waals surface area (Å²) in [4.78, 5) is 25.1. The van der Waals surface area contributed by atoms with E-state index in [0.717, 1.165) is 10.5 Å². The molecule has 0 radical (unpaired) electrons. The number of methoxy groups -OCH3 is 1. The van der Waals surface area contributed by atoms with E-state index in [0.29, 0.717) is 5.69 Å². The lowest BCUT2D eigenvalue weighted by molar-refractivity contribution is -0.138. The van der Waals surface area contributed by atoms with Crippen molar-refractivity contribution in [2.45, 2.75) is 6.61 Å². The van der Waals surface area contributed by atoms with E-state index in [1.54, 1.807) is 24.3 Å². The van der Waals surface area contributed by atoms with Crippen LogP contribution < -0.4 is 4.90 Å². The highest BCUT2D eigenvalue weighted by Crippen LogP contribution is 2.21. The zero-order valence-electron chi connectivity index (χ0n) is 13.1. The van der Waals surface area contributed by atoms with Crippen LogP contribution in [0.3, 0.4) is 0 Å². The van der Waals surface area contributed by atoms with Crippen LogP contribution in [0, 0.1) is 11.3 Å². The number of para-hydroxylation sites is 1. The molecule has 0 spiro atoms. The Bertz CT molecular complexity index is 753. The molecule has 0 fully saturated rings. The van der Waals surface area contributed by atoms with Gasteiger partial charge in [0.15, 0.2) is 0 Å². The third-order valence-electron chi connectivity index (χ3n) is 3.26. The van der Waals surface area contributed by atoms with E-state index in [2.05, 4.69) is 4.74 Å². The third-order valence-corrected chi connectivity index (χ3v) is 3.26. The summed E-state index contributed by atoms with van der Waals surface area (Å²) in [5.74, 6) is -0.612. The monoisotopic (exact) mass is 324 g/mol. The molecule has 2 aromatic rings. The molecule has 0 aromatic heterocycles. The molecule has 0 heterocycles. The Morgan fingerprint density at radius 1 is 1.08 bits per heavy atom. The van der Waals surface area contributed by atoms with Gasteiger partial charge in [0.1, 0.15) is 19.2 Å². The number of carbonyl (C=O) groups excluding carboxylic acids is 2. The molecular weight excluding hydrogens is 308 g/mol. The number of hydrogen-bond acceptors (Lipinski definition) is 5. The summed E-state index contributed by atoms with van der Waals surface area (Å²) >= 11 is 0. The summed E-state index contributed by atoms with van der Waals surface area (Å²) in [6.07, 6.45) is -0.730. The van der Waals surface area contributed by atoms with Crippen molar-refractivity contribution in [2.24, 2.45) is 0 Å².